The van der Waals surface area contributed by atoms with Crippen molar-refractivity contribution >= 4 is 17.7 Å². The van der Waals surface area contributed by atoms with E-state index in [4.69, 9.17) is 28.4 Å². The molecule has 3 heterocycles. The number of nitrogens with zero attached hydrogens (tertiary/aromatic N) is 2. The number of hydrogen-bond acceptors (Lipinski definition) is 10. The third kappa shape index (κ3) is 3.60. The Morgan fingerprint density at radius 3 is 2.57 bits per heavy atom. The number of hydrogen-bond donors (Lipinski definition) is 1. The van der Waals surface area contributed by atoms with E-state index < -0.39 is 5.92 Å². The second kappa shape index (κ2) is 8.89. The lowest BCUT2D eigenvalue weighted by Gasteiger charge is -2.40. The Hall–Kier alpha value is -3.02. The highest BCUT2D eigenvalue weighted by molar-refractivity contribution is 7.99. The second-order valence-corrected chi connectivity index (χ2v) is 9.87. The van der Waals surface area contributed by atoms with Crippen molar-refractivity contribution in [3.8, 4) is 11.5 Å². The molecular formula is C24H25N3O7S. The van der Waals surface area contributed by atoms with Gasteiger partial charge in [0.25, 0.3) is 0 Å². The summed E-state index contributed by atoms with van der Waals surface area (Å²) in [4.78, 5) is 17.5. The number of esters is 1. The number of methoxy groups -OCH3 is 3. The van der Waals surface area contributed by atoms with Gasteiger partial charge in [-0.15, -0.1) is 0 Å². The number of cyclic esters (lactones) is 1. The van der Waals surface area contributed by atoms with Gasteiger partial charge < -0.3 is 28.4 Å². The van der Waals surface area contributed by atoms with Gasteiger partial charge in [0.15, 0.2) is 16.7 Å². The van der Waals surface area contributed by atoms with Gasteiger partial charge >= 0.3 is 5.97 Å². The summed E-state index contributed by atoms with van der Waals surface area (Å²) >= 11 is 1.54. The monoisotopic (exact) mass is 499 g/mol. The highest BCUT2D eigenvalue weighted by Gasteiger charge is 2.53. The van der Waals surface area contributed by atoms with Crippen molar-refractivity contribution in [3.63, 3.8) is 0 Å². The van der Waals surface area contributed by atoms with Gasteiger partial charge in [-0.25, -0.2) is 4.98 Å². The van der Waals surface area contributed by atoms with Crippen molar-refractivity contribution in [1.29, 1.82) is 0 Å². The van der Waals surface area contributed by atoms with Crippen molar-refractivity contribution < 1.29 is 33.2 Å². The van der Waals surface area contributed by atoms with Crippen molar-refractivity contribution in [2.75, 3.05) is 34.7 Å². The predicted molar refractivity (Wildman–Crippen MR) is 123 cm³/mol. The van der Waals surface area contributed by atoms with E-state index in [0.29, 0.717) is 29.0 Å². The Bertz CT molecular complexity index is 1200. The molecule has 0 amide bonds. The molecular weight excluding hydrogens is 474 g/mol. The molecule has 1 aromatic carbocycles. The molecule has 0 spiro atoms. The molecule has 0 saturated carbocycles. The zero-order valence-corrected chi connectivity index (χ0v) is 20.2. The number of ether oxygens (including phenoxy) is 6. The molecule has 2 aliphatic heterocycles. The van der Waals surface area contributed by atoms with Crippen LogP contribution in [0.4, 0.5) is 0 Å². The average Bonchev–Trinajstić information content (AvgIpc) is 3.64. The van der Waals surface area contributed by atoms with Crippen LogP contribution in [0.25, 0.3) is 0 Å². The van der Waals surface area contributed by atoms with Crippen LogP contribution in [0, 0.1) is 11.8 Å². The van der Waals surface area contributed by atoms with Crippen LogP contribution in [0.5, 0.6) is 11.5 Å². The number of allylic oxidation sites excluding steroid dienone is 2. The Labute approximate surface area is 206 Å². The molecule has 35 heavy (non-hydrogen) atoms. The van der Waals surface area contributed by atoms with E-state index in [1.54, 1.807) is 21.3 Å². The molecule has 1 unspecified atom stereocenters. The van der Waals surface area contributed by atoms with Crippen molar-refractivity contribution in [2.24, 2.45) is 11.8 Å². The number of carbonyl (C=O) groups is 1. The number of nitrogens with one attached hydrogen (secondary N) is 1. The van der Waals surface area contributed by atoms with Gasteiger partial charge in [-0.3, -0.25) is 9.89 Å². The molecule has 1 fully saturated rings. The molecule has 0 bridgehead atoms. The molecule has 2 aliphatic carbocycles. The number of aromatic nitrogens is 3. The Balaban J connectivity index is 1.52. The van der Waals surface area contributed by atoms with E-state index in [9.17, 15) is 4.79 Å². The van der Waals surface area contributed by atoms with Crippen molar-refractivity contribution in [1.82, 2.24) is 15.2 Å². The van der Waals surface area contributed by atoms with Crippen LogP contribution in [0.1, 0.15) is 22.3 Å². The molecule has 4 aliphatic rings. The molecule has 0 radical (unpaired) electrons. The minimum Gasteiger partial charge on any atom is -0.498 e. The molecule has 1 aromatic heterocycles. The van der Waals surface area contributed by atoms with Crippen LogP contribution >= 0.6 is 11.8 Å². The molecule has 184 valence electrons. The number of rotatable bonds is 6. The number of aromatic amines is 1. The highest BCUT2D eigenvalue weighted by Crippen LogP contribution is 2.59. The van der Waals surface area contributed by atoms with Crippen LogP contribution in [0.2, 0.25) is 0 Å². The summed E-state index contributed by atoms with van der Waals surface area (Å²) in [5.74, 6) is 0.994. The van der Waals surface area contributed by atoms with Gasteiger partial charge in [0.1, 0.15) is 24.3 Å². The van der Waals surface area contributed by atoms with E-state index in [1.807, 2.05) is 24.3 Å². The van der Waals surface area contributed by atoms with Crippen LogP contribution < -0.4 is 9.47 Å². The largest absolute Gasteiger partial charge is 0.498 e. The van der Waals surface area contributed by atoms with Crippen LogP contribution in [0.3, 0.4) is 0 Å². The maximum Gasteiger partial charge on any atom is 0.310 e. The van der Waals surface area contributed by atoms with E-state index in [1.165, 1.54) is 18.1 Å². The first kappa shape index (κ1) is 22.4. The smallest absolute Gasteiger partial charge is 0.310 e. The third-order valence-electron chi connectivity index (χ3n) is 7.12. The van der Waals surface area contributed by atoms with Gasteiger partial charge in [0.05, 0.1) is 19.6 Å². The highest BCUT2D eigenvalue weighted by atomic mass is 32.2. The van der Waals surface area contributed by atoms with Crippen molar-refractivity contribution in [3.05, 3.63) is 53.1 Å². The van der Waals surface area contributed by atoms with Gasteiger partial charge in [-0.1, -0.05) is 11.8 Å². The molecule has 10 nitrogen and oxygen atoms in total. The number of fused-ring (bicyclic) bond motifs is 3. The zero-order chi connectivity index (χ0) is 24.1. The number of H-pyrrole nitrogens is 1. The first-order chi connectivity index (χ1) is 17.1. The van der Waals surface area contributed by atoms with Crippen LogP contribution in [0.15, 0.2) is 47.1 Å². The van der Waals surface area contributed by atoms with Gasteiger partial charge in [0, 0.05) is 31.3 Å². The molecule has 1 saturated heterocycles. The first-order valence-corrected chi connectivity index (χ1v) is 12.2. The third-order valence-corrected chi connectivity index (χ3v) is 8.39. The van der Waals surface area contributed by atoms with E-state index >= 15 is 0 Å². The van der Waals surface area contributed by atoms with Crippen LogP contribution in [-0.2, 0) is 23.7 Å². The summed E-state index contributed by atoms with van der Waals surface area (Å²) in [5, 5.41) is 7.49. The summed E-state index contributed by atoms with van der Waals surface area (Å²) in [5.41, 5.74) is 2.95. The molecule has 6 rings (SSSR count). The number of benzene rings is 1. The number of thioether (sulfide) groups is 1. The van der Waals surface area contributed by atoms with Gasteiger partial charge in [-0.2, -0.15) is 5.10 Å². The summed E-state index contributed by atoms with van der Waals surface area (Å²) in [7, 11) is 4.86. The summed E-state index contributed by atoms with van der Waals surface area (Å²) in [6.07, 6.45) is 4.69. The van der Waals surface area contributed by atoms with Gasteiger partial charge in [-0.05, 0) is 41.0 Å². The molecule has 6 atom stereocenters. The zero-order valence-electron chi connectivity index (χ0n) is 19.4. The van der Waals surface area contributed by atoms with E-state index in [-0.39, 0.29) is 42.1 Å². The summed E-state index contributed by atoms with van der Waals surface area (Å²) in [6.45, 7) is 0.484. The fourth-order valence-electron chi connectivity index (χ4n) is 5.58. The lowest BCUT2D eigenvalue weighted by Crippen LogP contribution is -2.38. The Kier molecular flexibility index (Phi) is 5.70. The van der Waals surface area contributed by atoms with Crippen LogP contribution in [-0.4, -0.2) is 68.1 Å². The SMILES string of the molecule is COC1=CC([C@@H]2c3cc4c(cc3[C@H](Sc3ncn[nH]3)[C@@H]3COC(=O)[C@@H]32)OCO4)=CC(OC)[C@H]1OC. The fourth-order valence-corrected chi connectivity index (χ4v) is 6.79. The second-order valence-electron chi connectivity index (χ2n) is 8.73. The van der Waals surface area contributed by atoms with Crippen molar-refractivity contribution in [2.45, 2.75) is 28.5 Å². The number of carbonyl (C=O) groups excluding carboxylic acids is 1. The topological polar surface area (TPSA) is 114 Å². The fraction of sp³-hybridized carbons (Fsp3) is 0.458. The van der Waals surface area contributed by atoms with Gasteiger partial charge in [0.2, 0.25) is 6.79 Å². The Morgan fingerprint density at radius 1 is 1.09 bits per heavy atom. The molecule has 2 aromatic rings. The predicted octanol–water partition coefficient (Wildman–Crippen LogP) is 2.75. The van der Waals surface area contributed by atoms with E-state index in [2.05, 4.69) is 15.2 Å². The quantitative estimate of drug-likeness (QED) is 0.595. The summed E-state index contributed by atoms with van der Waals surface area (Å²) in [6, 6.07) is 4.01. The normalized spacial score (nSPS) is 30.8. The minimum atomic E-state index is -0.402. The standard InChI is InChI=1S/C24H25N3O7S/c1-29-17-4-11(5-18(30-2)21(17)31-3)19-12-6-15-16(34-10-33-15)7-13(12)22(35-24-25-9-26-27-24)14-8-32-23(28)20(14)19/h4-7,9,14,17,19-22H,8,10H2,1-3H3,(H,25,26,27)/t14-,17?,19-,20+,21-,22+/m1/s1. The lowest BCUT2D eigenvalue weighted by atomic mass is 9.66. The molecule has 11 heteroatoms. The maximum absolute atomic E-state index is 13.2. The lowest BCUT2D eigenvalue weighted by molar-refractivity contribution is -0.141. The Morgan fingerprint density at radius 2 is 1.89 bits per heavy atom. The maximum atomic E-state index is 13.2. The van der Waals surface area contributed by atoms with E-state index in [0.717, 1.165) is 16.7 Å². The average molecular weight is 500 g/mol. The first-order valence-electron chi connectivity index (χ1n) is 11.3. The minimum absolute atomic E-state index is 0.0862. The summed E-state index contributed by atoms with van der Waals surface area (Å²) < 4.78 is 34.1. The molecule has 1 N–H and O–H groups in total.